The molecule has 0 unspecified atom stereocenters. The highest BCUT2D eigenvalue weighted by Gasteiger charge is 2.10. The van der Waals surface area contributed by atoms with Gasteiger partial charge in [0.1, 0.15) is 6.54 Å². The molecule has 0 spiro atoms. The number of aromatic nitrogens is 3. The van der Waals surface area contributed by atoms with Gasteiger partial charge >= 0.3 is 5.97 Å². The van der Waals surface area contributed by atoms with Gasteiger partial charge in [-0.25, -0.2) is 9.48 Å². The van der Waals surface area contributed by atoms with Gasteiger partial charge in [-0.15, -0.1) is 5.10 Å². The average molecular weight is 318 g/mol. The second-order valence-electron chi connectivity index (χ2n) is 4.84. The summed E-state index contributed by atoms with van der Waals surface area (Å²) in [5.74, 6) is -1.45. The predicted octanol–water partition coefficient (Wildman–Crippen LogP) is 0.829. The Morgan fingerprint density at radius 1 is 1.26 bits per heavy atom. The third-order valence-electron chi connectivity index (χ3n) is 3.05. The molecule has 0 aliphatic heterocycles. The second-order valence-corrected chi connectivity index (χ2v) is 4.84. The van der Waals surface area contributed by atoms with Crippen molar-refractivity contribution in [2.75, 3.05) is 6.61 Å². The fourth-order valence-corrected chi connectivity index (χ4v) is 1.85. The first kappa shape index (κ1) is 16.6. The molecule has 2 rings (SSSR count). The van der Waals surface area contributed by atoms with E-state index in [1.807, 2.05) is 31.2 Å². The summed E-state index contributed by atoms with van der Waals surface area (Å²) in [5, 5.41) is 18.5. The lowest BCUT2D eigenvalue weighted by atomic mass is 10.1. The molecule has 0 atom stereocenters. The number of carbonyl (C=O) groups is 2. The van der Waals surface area contributed by atoms with E-state index in [0.29, 0.717) is 19.8 Å². The molecule has 1 heterocycles. The molecule has 1 amide bonds. The zero-order valence-electron chi connectivity index (χ0n) is 12.7. The molecule has 0 saturated heterocycles. The SMILES string of the molecule is CCOCc1ccc(CNC(=O)Cn2cc(C(=O)O)nn2)cc1. The van der Waals surface area contributed by atoms with Crippen molar-refractivity contribution in [3.8, 4) is 0 Å². The van der Waals surface area contributed by atoms with Gasteiger partial charge < -0.3 is 15.2 Å². The molecule has 23 heavy (non-hydrogen) atoms. The summed E-state index contributed by atoms with van der Waals surface area (Å²) in [5.41, 5.74) is 1.84. The summed E-state index contributed by atoms with van der Waals surface area (Å²) in [4.78, 5) is 22.5. The Balaban J connectivity index is 1.80. The van der Waals surface area contributed by atoms with E-state index < -0.39 is 5.97 Å². The molecule has 1 aromatic carbocycles. The van der Waals surface area contributed by atoms with Gasteiger partial charge in [-0.2, -0.15) is 0 Å². The number of aromatic carboxylic acids is 1. The lowest BCUT2D eigenvalue weighted by molar-refractivity contribution is -0.122. The quantitative estimate of drug-likeness (QED) is 0.746. The third kappa shape index (κ3) is 5.19. The van der Waals surface area contributed by atoms with Crippen molar-refractivity contribution in [3.05, 3.63) is 47.3 Å². The topological polar surface area (TPSA) is 106 Å². The molecule has 0 radical (unpaired) electrons. The summed E-state index contributed by atoms with van der Waals surface area (Å²) in [6.07, 6.45) is 1.21. The maximum atomic E-state index is 11.8. The molecule has 0 saturated carbocycles. The van der Waals surface area contributed by atoms with Crippen LogP contribution in [0.15, 0.2) is 30.5 Å². The minimum atomic E-state index is -1.18. The Morgan fingerprint density at radius 2 is 1.96 bits per heavy atom. The molecule has 0 bridgehead atoms. The number of benzene rings is 1. The molecular formula is C15H18N4O4. The highest BCUT2D eigenvalue weighted by Crippen LogP contribution is 2.05. The van der Waals surface area contributed by atoms with E-state index in [2.05, 4.69) is 15.6 Å². The fraction of sp³-hybridized carbons (Fsp3) is 0.333. The van der Waals surface area contributed by atoms with Crippen LogP contribution in [0.25, 0.3) is 0 Å². The number of carboxylic acids is 1. The van der Waals surface area contributed by atoms with Crippen LogP contribution in [0, 0.1) is 0 Å². The number of hydrogen-bond donors (Lipinski definition) is 2. The minimum absolute atomic E-state index is 0.0807. The number of carboxylic acid groups (broad SMARTS) is 1. The van der Waals surface area contributed by atoms with Crippen LogP contribution in [0.4, 0.5) is 0 Å². The van der Waals surface area contributed by atoms with Crippen molar-refractivity contribution in [3.63, 3.8) is 0 Å². The van der Waals surface area contributed by atoms with Gasteiger partial charge in [-0.1, -0.05) is 29.5 Å². The van der Waals surface area contributed by atoms with Crippen molar-refractivity contribution in [2.45, 2.75) is 26.6 Å². The van der Waals surface area contributed by atoms with Crippen molar-refractivity contribution in [2.24, 2.45) is 0 Å². The summed E-state index contributed by atoms with van der Waals surface area (Å²) in [6, 6.07) is 7.75. The van der Waals surface area contributed by atoms with E-state index in [1.54, 1.807) is 0 Å². The maximum Gasteiger partial charge on any atom is 0.358 e. The number of ether oxygens (including phenoxy) is 1. The molecule has 8 heteroatoms. The van der Waals surface area contributed by atoms with Crippen LogP contribution in [0.1, 0.15) is 28.5 Å². The highest BCUT2D eigenvalue weighted by molar-refractivity contribution is 5.84. The van der Waals surface area contributed by atoms with Gasteiger partial charge in [0.05, 0.1) is 12.8 Å². The molecule has 0 fully saturated rings. The first-order chi connectivity index (χ1) is 11.1. The Bertz CT molecular complexity index is 666. The van der Waals surface area contributed by atoms with Gasteiger partial charge in [0.2, 0.25) is 5.91 Å². The average Bonchev–Trinajstić information content (AvgIpc) is 3.00. The molecule has 2 aromatic rings. The largest absolute Gasteiger partial charge is 0.476 e. The summed E-state index contributed by atoms with van der Waals surface area (Å²) in [6.45, 7) is 3.49. The maximum absolute atomic E-state index is 11.8. The Hall–Kier alpha value is -2.74. The molecule has 0 aliphatic carbocycles. The van der Waals surface area contributed by atoms with E-state index in [-0.39, 0.29) is 18.1 Å². The standard InChI is InChI=1S/C15H18N4O4/c1-2-23-10-12-5-3-11(4-6-12)7-16-14(20)9-19-8-13(15(21)22)17-18-19/h3-6,8H,2,7,9-10H2,1H3,(H,16,20)(H,21,22). The number of carbonyl (C=O) groups excluding carboxylic acids is 1. The van der Waals surface area contributed by atoms with Crippen LogP contribution < -0.4 is 5.32 Å². The monoisotopic (exact) mass is 318 g/mol. The third-order valence-corrected chi connectivity index (χ3v) is 3.05. The van der Waals surface area contributed by atoms with Crippen molar-refractivity contribution >= 4 is 11.9 Å². The van der Waals surface area contributed by atoms with Crippen molar-refractivity contribution in [1.29, 1.82) is 0 Å². The van der Waals surface area contributed by atoms with Gasteiger partial charge in [-0.05, 0) is 18.1 Å². The van der Waals surface area contributed by atoms with E-state index in [0.717, 1.165) is 11.1 Å². The van der Waals surface area contributed by atoms with E-state index >= 15 is 0 Å². The van der Waals surface area contributed by atoms with Crippen LogP contribution >= 0.6 is 0 Å². The Kier molecular flexibility index (Phi) is 5.81. The predicted molar refractivity (Wildman–Crippen MR) is 80.6 cm³/mol. The summed E-state index contributed by atoms with van der Waals surface area (Å²) < 4.78 is 6.50. The number of rotatable bonds is 8. The number of nitrogens with one attached hydrogen (secondary N) is 1. The smallest absolute Gasteiger partial charge is 0.358 e. The van der Waals surface area contributed by atoms with Gasteiger partial charge in [0.15, 0.2) is 5.69 Å². The Morgan fingerprint density at radius 3 is 2.57 bits per heavy atom. The number of nitrogens with zero attached hydrogens (tertiary/aromatic N) is 3. The lowest BCUT2D eigenvalue weighted by Crippen LogP contribution is -2.27. The van der Waals surface area contributed by atoms with Crippen molar-refractivity contribution in [1.82, 2.24) is 20.3 Å². The van der Waals surface area contributed by atoms with Crippen LogP contribution in [0.5, 0.6) is 0 Å². The molecule has 0 aliphatic rings. The zero-order chi connectivity index (χ0) is 16.7. The van der Waals surface area contributed by atoms with E-state index in [9.17, 15) is 9.59 Å². The van der Waals surface area contributed by atoms with Crippen LogP contribution in [-0.4, -0.2) is 38.6 Å². The summed E-state index contributed by atoms with van der Waals surface area (Å²) in [7, 11) is 0. The fourth-order valence-electron chi connectivity index (χ4n) is 1.85. The second kappa shape index (κ2) is 8.04. The molecule has 8 nitrogen and oxygen atoms in total. The van der Waals surface area contributed by atoms with Crippen LogP contribution in [0.2, 0.25) is 0 Å². The minimum Gasteiger partial charge on any atom is -0.476 e. The first-order valence-corrected chi connectivity index (χ1v) is 7.14. The van der Waals surface area contributed by atoms with E-state index in [1.165, 1.54) is 10.9 Å². The zero-order valence-corrected chi connectivity index (χ0v) is 12.7. The van der Waals surface area contributed by atoms with Crippen LogP contribution in [0.3, 0.4) is 0 Å². The number of amides is 1. The van der Waals surface area contributed by atoms with E-state index in [4.69, 9.17) is 9.84 Å². The molecular weight excluding hydrogens is 300 g/mol. The van der Waals surface area contributed by atoms with Crippen LogP contribution in [-0.2, 0) is 29.2 Å². The Labute approximate surface area is 133 Å². The molecule has 122 valence electrons. The molecule has 1 aromatic heterocycles. The van der Waals surface area contributed by atoms with Crippen molar-refractivity contribution < 1.29 is 19.4 Å². The lowest BCUT2D eigenvalue weighted by Gasteiger charge is -2.06. The first-order valence-electron chi connectivity index (χ1n) is 7.14. The summed E-state index contributed by atoms with van der Waals surface area (Å²) >= 11 is 0. The van der Waals surface area contributed by atoms with Gasteiger partial charge in [0.25, 0.3) is 0 Å². The number of hydrogen-bond acceptors (Lipinski definition) is 5. The molecule has 2 N–H and O–H groups in total. The highest BCUT2D eigenvalue weighted by atomic mass is 16.5. The van der Waals surface area contributed by atoms with Gasteiger partial charge in [-0.3, -0.25) is 4.79 Å². The van der Waals surface area contributed by atoms with Gasteiger partial charge in [0, 0.05) is 13.2 Å². The normalized spacial score (nSPS) is 10.5.